The van der Waals surface area contributed by atoms with Gasteiger partial charge in [0.05, 0.1) is 10.6 Å². The normalized spacial score (nSPS) is 10.2. The molecule has 0 aliphatic rings. The van der Waals surface area contributed by atoms with Gasteiger partial charge in [-0.05, 0) is 35.9 Å². The van der Waals surface area contributed by atoms with Gasteiger partial charge in [-0.3, -0.25) is 4.79 Å². The summed E-state index contributed by atoms with van der Waals surface area (Å²) in [7, 11) is 0. The minimum Gasteiger partial charge on any atom is -0.381 e. The maximum absolute atomic E-state index is 12.7. The van der Waals surface area contributed by atoms with Crippen molar-refractivity contribution in [3.63, 3.8) is 0 Å². The quantitative estimate of drug-likeness (QED) is 0.902. The van der Waals surface area contributed by atoms with Gasteiger partial charge in [-0.2, -0.15) is 0 Å². The van der Waals surface area contributed by atoms with Crippen molar-refractivity contribution in [3.8, 4) is 0 Å². The van der Waals surface area contributed by atoms with E-state index in [0.29, 0.717) is 11.6 Å². The molecule has 19 heavy (non-hydrogen) atoms. The van der Waals surface area contributed by atoms with Crippen LogP contribution in [0.5, 0.6) is 0 Å². The molecule has 2 aromatic carbocycles. The zero-order valence-corrected chi connectivity index (χ0v) is 10.7. The van der Waals surface area contributed by atoms with Crippen LogP contribution in [0.25, 0.3) is 0 Å². The van der Waals surface area contributed by atoms with Crippen LogP contribution in [-0.4, -0.2) is 5.91 Å². The fourth-order valence-corrected chi connectivity index (χ4v) is 1.90. The van der Waals surface area contributed by atoms with Crippen LogP contribution < -0.4 is 11.1 Å². The molecular formula is C14H12ClFN2O. The van der Waals surface area contributed by atoms with Crippen molar-refractivity contribution in [2.24, 2.45) is 5.73 Å². The molecule has 0 atom stereocenters. The third-order valence-electron chi connectivity index (χ3n) is 2.64. The molecule has 0 radical (unpaired) electrons. The molecule has 3 nitrogen and oxygen atoms in total. The lowest BCUT2D eigenvalue weighted by Gasteiger charge is -2.08. The van der Waals surface area contributed by atoms with Gasteiger partial charge in [0.2, 0.25) is 5.91 Å². The second-order valence-electron chi connectivity index (χ2n) is 4.04. The summed E-state index contributed by atoms with van der Waals surface area (Å²) in [5, 5.41) is 3.43. The summed E-state index contributed by atoms with van der Waals surface area (Å²) >= 11 is 5.94. The number of carbonyl (C=O) groups excluding carboxylic acids is 1. The van der Waals surface area contributed by atoms with E-state index in [2.05, 4.69) is 5.32 Å². The third kappa shape index (κ3) is 3.45. The molecule has 0 aliphatic carbocycles. The Morgan fingerprint density at radius 3 is 2.47 bits per heavy atom. The fraction of sp³-hybridized carbons (Fsp3) is 0.0714. The molecule has 3 N–H and O–H groups in total. The number of rotatable bonds is 4. The molecule has 0 aromatic heterocycles. The lowest BCUT2D eigenvalue weighted by molar-refractivity contribution is 0.100. The van der Waals surface area contributed by atoms with Crippen LogP contribution >= 0.6 is 11.6 Å². The van der Waals surface area contributed by atoms with Crippen LogP contribution in [0.3, 0.4) is 0 Å². The van der Waals surface area contributed by atoms with Gasteiger partial charge in [0.15, 0.2) is 0 Å². The van der Waals surface area contributed by atoms with Crippen LogP contribution in [0.15, 0.2) is 42.5 Å². The Bertz CT molecular complexity index is 599. The fourth-order valence-electron chi connectivity index (χ4n) is 1.63. The minimum atomic E-state index is -0.560. The summed E-state index contributed by atoms with van der Waals surface area (Å²) in [6, 6.07) is 11.1. The Morgan fingerprint density at radius 1 is 1.21 bits per heavy atom. The number of nitrogens with one attached hydrogen (secondary N) is 1. The third-order valence-corrected chi connectivity index (χ3v) is 2.96. The topological polar surface area (TPSA) is 55.1 Å². The van der Waals surface area contributed by atoms with E-state index in [4.69, 9.17) is 17.3 Å². The zero-order chi connectivity index (χ0) is 13.8. The van der Waals surface area contributed by atoms with E-state index in [1.807, 2.05) is 0 Å². The van der Waals surface area contributed by atoms with Gasteiger partial charge in [0.1, 0.15) is 5.82 Å². The Balaban J connectivity index is 2.06. The van der Waals surface area contributed by atoms with E-state index in [1.165, 1.54) is 12.1 Å². The van der Waals surface area contributed by atoms with Crippen molar-refractivity contribution >= 4 is 23.2 Å². The van der Waals surface area contributed by atoms with Crippen molar-refractivity contribution in [1.29, 1.82) is 0 Å². The van der Waals surface area contributed by atoms with Crippen LogP contribution in [0, 0.1) is 5.82 Å². The van der Waals surface area contributed by atoms with Crippen molar-refractivity contribution in [1.82, 2.24) is 0 Å². The predicted octanol–water partition coefficient (Wildman–Crippen LogP) is 3.19. The predicted molar refractivity (Wildman–Crippen MR) is 73.7 cm³/mol. The highest BCUT2D eigenvalue weighted by atomic mass is 35.5. The first kappa shape index (κ1) is 13.4. The van der Waals surface area contributed by atoms with Crippen LogP contribution in [0.1, 0.15) is 15.9 Å². The molecule has 0 bridgehead atoms. The Labute approximate surface area is 115 Å². The van der Waals surface area contributed by atoms with Gasteiger partial charge in [-0.15, -0.1) is 0 Å². The maximum Gasteiger partial charge on any atom is 0.250 e. The van der Waals surface area contributed by atoms with Crippen molar-refractivity contribution in [2.75, 3.05) is 5.32 Å². The highest BCUT2D eigenvalue weighted by Crippen LogP contribution is 2.21. The molecule has 0 unspecified atom stereocenters. The molecule has 98 valence electrons. The van der Waals surface area contributed by atoms with E-state index in [0.717, 1.165) is 11.3 Å². The Hall–Kier alpha value is -2.07. The summed E-state index contributed by atoms with van der Waals surface area (Å²) in [5.41, 5.74) is 7.16. The lowest BCUT2D eigenvalue weighted by Crippen LogP contribution is -2.11. The molecule has 2 aromatic rings. The summed E-state index contributed by atoms with van der Waals surface area (Å²) in [6.45, 7) is 0.534. The van der Waals surface area contributed by atoms with Gasteiger partial charge in [-0.25, -0.2) is 4.39 Å². The Morgan fingerprint density at radius 2 is 1.89 bits per heavy atom. The number of primary amides is 1. The molecule has 5 heteroatoms. The molecule has 2 rings (SSSR count). The number of amides is 1. The minimum absolute atomic E-state index is 0.266. The molecule has 1 amide bonds. The highest BCUT2D eigenvalue weighted by molar-refractivity contribution is 6.34. The number of anilines is 1. The number of benzene rings is 2. The van der Waals surface area contributed by atoms with E-state index in [9.17, 15) is 9.18 Å². The summed E-state index contributed by atoms with van der Waals surface area (Å²) < 4.78 is 12.7. The monoisotopic (exact) mass is 278 g/mol. The molecule has 0 fully saturated rings. The molecule has 0 saturated heterocycles. The van der Waals surface area contributed by atoms with E-state index in [-0.39, 0.29) is 11.4 Å². The average Bonchev–Trinajstić information content (AvgIpc) is 2.37. The first-order chi connectivity index (χ1) is 9.06. The molecule has 0 spiro atoms. The largest absolute Gasteiger partial charge is 0.381 e. The number of hydrogen-bond acceptors (Lipinski definition) is 2. The average molecular weight is 279 g/mol. The second kappa shape index (κ2) is 5.71. The lowest BCUT2D eigenvalue weighted by atomic mass is 10.2. The SMILES string of the molecule is NC(=O)c1ccc(NCc2ccc(F)cc2)cc1Cl. The zero-order valence-electron chi connectivity index (χ0n) is 9.99. The number of hydrogen-bond donors (Lipinski definition) is 2. The summed E-state index contributed by atoms with van der Waals surface area (Å²) in [5.74, 6) is -0.826. The number of carbonyl (C=O) groups is 1. The first-order valence-electron chi connectivity index (χ1n) is 5.64. The number of nitrogens with two attached hydrogens (primary N) is 1. The molecule has 0 aliphatic heterocycles. The summed E-state index contributed by atoms with van der Waals surface area (Å²) in [4.78, 5) is 11.0. The summed E-state index contributed by atoms with van der Waals surface area (Å²) in [6.07, 6.45) is 0. The van der Waals surface area contributed by atoms with Gasteiger partial charge in [0.25, 0.3) is 0 Å². The molecule has 0 heterocycles. The first-order valence-corrected chi connectivity index (χ1v) is 6.02. The van der Waals surface area contributed by atoms with Crippen LogP contribution in [0.2, 0.25) is 5.02 Å². The van der Waals surface area contributed by atoms with Gasteiger partial charge in [-0.1, -0.05) is 23.7 Å². The Kier molecular flexibility index (Phi) is 4.02. The van der Waals surface area contributed by atoms with Gasteiger partial charge < -0.3 is 11.1 Å². The molecular weight excluding hydrogens is 267 g/mol. The van der Waals surface area contributed by atoms with Crippen molar-refractivity contribution in [2.45, 2.75) is 6.54 Å². The highest BCUT2D eigenvalue weighted by Gasteiger charge is 2.06. The van der Waals surface area contributed by atoms with E-state index in [1.54, 1.807) is 30.3 Å². The second-order valence-corrected chi connectivity index (χ2v) is 4.45. The molecule has 0 saturated carbocycles. The van der Waals surface area contributed by atoms with Crippen molar-refractivity contribution < 1.29 is 9.18 Å². The van der Waals surface area contributed by atoms with Crippen molar-refractivity contribution in [3.05, 3.63) is 64.4 Å². The smallest absolute Gasteiger partial charge is 0.250 e. The van der Waals surface area contributed by atoms with Gasteiger partial charge in [0, 0.05) is 12.2 Å². The number of halogens is 2. The van der Waals surface area contributed by atoms with Gasteiger partial charge >= 0.3 is 0 Å². The van der Waals surface area contributed by atoms with Crippen LogP contribution in [0.4, 0.5) is 10.1 Å². The van der Waals surface area contributed by atoms with E-state index >= 15 is 0 Å². The van der Waals surface area contributed by atoms with Crippen LogP contribution in [-0.2, 0) is 6.54 Å². The maximum atomic E-state index is 12.7. The standard InChI is InChI=1S/C14H12ClFN2O/c15-13-7-11(5-6-12(13)14(17)19)18-8-9-1-3-10(16)4-2-9/h1-7,18H,8H2,(H2,17,19). The van der Waals surface area contributed by atoms with E-state index < -0.39 is 5.91 Å².